The smallest absolute Gasteiger partial charge is 0.187 e. The van der Waals surface area contributed by atoms with Crippen molar-refractivity contribution in [1.82, 2.24) is 10.7 Å². The number of hydrogen-bond donors (Lipinski definition) is 3. The monoisotopic (exact) mass is 307 g/mol. The maximum atomic E-state index is 9.51. The average molecular weight is 307 g/mol. The van der Waals surface area contributed by atoms with E-state index < -0.39 is 0 Å². The molecule has 0 spiro atoms. The van der Waals surface area contributed by atoms with Gasteiger partial charge in [0.25, 0.3) is 0 Å². The Morgan fingerprint density at radius 1 is 1.38 bits per heavy atom. The first-order chi connectivity index (χ1) is 10.2. The summed E-state index contributed by atoms with van der Waals surface area (Å²) in [4.78, 5) is 0. The highest BCUT2D eigenvalue weighted by Gasteiger charge is 2.13. The van der Waals surface area contributed by atoms with Crippen LogP contribution >= 0.6 is 12.2 Å². The lowest BCUT2D eigenvalue weighted by atomic mass is 9.96. The number of thiocarbonyl (C=S) groups is 1. The van der Waals surface area contributed by atoms with Crippen molar-refractivity contribution in [2.45, 2.75) is 38.1 Å². The van der Waals surface area contributed by atoms with Crippen LogP contribution in [0.25, 0.3) is 0 Å². The molecule has 0 aliphatic heterocycles. The van der Waals surface area contributed by atoms with Crippen LogP contribution in [0.1, 0.15) is 37.7 Å². The Balaban J connectivity index is 1.82. The lowest BCUT2D eigenvalue weighted by molar-refractivity contribution is 0.373. The largest absolute Gasteiger partial charge is 0.504 e. The van der Waals surface area contributed by atoms with E-state index in [0.29, 0.717) is 16.9 Å². The zero-order valence-electron chi connectivity index (χ0n) is 12.1. The van der Waals surface area contributed by atoms with Gasteiger partial charge in [0.05, 0.1) is 13.3 Å². The quantitative estimate of drug-likeness (QED) is 0.453. The van der Waals surface area contributed by atoms with E-state index in [9.17, 15) is 5.11 Å². The van der Waals surface area contributed by atoms with Gasteiger partial charge in [-0.3, -0.25) is 5.43 Å². The van der Waals surface area contributed by atoms with Crippen LogP contribution in [0.5, 0.6) is 11.5 Å². The molecule has 1 aromatic rings. The molecule has 2 rings (SSSR count). The number of nitrogens with zero attached hydrogens (tertiary/aromatic N) is 1. The molecule has 0 saturated heterocycles. The van der Waals surface area contributed by atoms with E-state index in [0.717, 1.165) is 5.56 Å². The van der Waals surface area contributed by atoms with Crippen LogP contribution in [0.15, 0.2) is 23.3 Å². The highest BCUT2D eigenvalue weighted by Crippen LogP contribution is 2.25. The molecule has 0 atom stereocenters. The minimum absolute atomic E-state index is 0.108. The minimum Gasteiger partial charge on any atom is -0.504 e. The lowest BCUT2D eigenvalue weighted by Crippen LogP contribution is -2.40. The van der Waals surface area contributed by atoms with Crippen molar-refractivity contribution >= 4 is 23.5 Å². The SMILES string of the molecule is COc1cc(/C=N/NC(=S)NC2CCCCC2)ccc1O. The zero-order valence-corrected chi connectivity index (χ0v) is 12.9. The van der Waals surface area contributed by atoms with Crippen molar-refractivity contribution in [2.75, 3.05) is 7.11 Å². The molecule has 3 N–H and O–H groups in total. The van der Waals surface area contributed by atoms with Crippen molar-refractivity contribution in [3.05, 3.63) is 23.8 Å². The number of rotatable bonds is 4. The summed E-state index contributed by atoms with van der Waals surface area (Å²) in [6.07, 6.45) is 7.81. The number of aromatic hydroxyl groups is 1. The van der Waals surface area contributed by atoms with Crippen molar-refractivity contribution in [3.63, 3.8) is 0 Å². The van der Waals surface area contributed by atoms with Gasteiger partial charge in [0.2, 0.25) is 0 Å². The summed E-state index contributed by atoms with van der Waals surface area (Å²) < 4.78 is 5.04. The average Bonchev–Trinajstić information content (AvgIpc) is 2.50. The van der Waals surface area contributed by atoms with Gasteiger partial charge in [-0.25, -0.2) is 0 Å². The number of benzene rings is 1. The second-order valence-electron chi connectivity index (χ2n) is 5.11. The van der Waals surface area contributed by atoms with Crippen LogP contribution in [-0.2, 0) is 0 Å². The highest BCUT2D eigenvalue weighted by atomic mass is 32.1. The number of hydrogen-bond acceptors (Lipinski definition) is 4. The molecule has 0 radical (unpaired) electrons. The second-order valence-corrected chi connectivity index (χ2v) is 5.52. The highest BCUT2D eigenvalue weighted by molar-refractivity contribution is 7.80. The van der Waals surface area contributed by atoms with Gasteiger partial charge in [-0.15, -0.1) is 0 Å². The lowest BCUT2D eigenvalue weighted by Gasteiger charge is -2.23. The molecular formula is C15H21N3O2S. The molecule has 0 heterocycles. The normalized spacial score (nSPS) is 15.9. The predicted octanol–water partition coefficient (Wildman–Crippen LogP) is 2.53. The fourth-order valence-corrected chi connectivity index (χ4v) is 2.62. The van der Waals surface area contributed by atoms with E-state index in [4.69, 9.17) is 17.0 Å². The van der Waals surface area contributed by atoms with E-state index in [-0.39, 0.29) is 5.75 Å². The molecule has 0 bridgehead atoms. The van der Waals surface area contributed by atoms with Gasteiger partial charge in [-0.05, 0) is 48.8 Å². The molecular weight excluding hydrogens is 286 g/mol. The van der Waals surface area contributed by atoms with Crippen molar-refractivity contribution in [1.29, 1.82) is 0 Å². The Kier molecular flexibility index (Phi) is 5.80. The Bertz CT molecular complexity index is 514. The summed E-state index contributed by atoms with van der Waals surface area (Å²) in [6.45, 7) is 0. The number of methoxy groups -OCH3 is 1. The van der Waals surface area contributed by atoms with Gasteiger partial charge in [0, 0.05) is 6.04 Å². The molecule has 0 unspecified atom stereocenters. The first-order valence-electron chi connectivity index (χ1n) is 7.15. The van der Waals surface area contributed by atoms with Crippen LogP contribution in [0.2, 0.25) is 0 Å². The van der Waals surface area contributed by atoms with E-state index in [1.54, 1.807) is 24.4 Å². The van der Waals surface area contributed by atoms with E-state index in [1.165, 1.54) is 39.2 Å². The van der Waals surface area contributed by atoms with Crippen molar-refractivity contribution in [2.24, 2.45) is 5.10 Å². The fourth-order valence-electron chi connectivity index (χ4n) is 2.40. The van der Waals surface area contributed by atoms with Crippen molar-refractivity contribution in [3.8, 4) is 11.5 Å². The third kappa shape index (κ3) is 4.90. The minimum atomic E-state index is 0.108. The molecule has 1 fully saturated rings. The molecule has 0 aromatic heterocycles. The zero-order chi connectivity index (χ0) is 15.1. The molecule has 114 valence electrons. The fraction of sp³-hybridized carbons (Fsp3) is 0.467. The summed E-state index contributed by atoms with van der Waals surface area (Å²) in [7, 11) is 1.51. The summed E-state index contributed by atoms with van der Waals surface area (Å²) in [6, 6.07) is 5.49. The van der Waals surface area contributed by atoms with Gasteiger partial charge in [-0.1, -0.05) is 19.3 Å². The summed E-state index contributed by atoms with van der Waals surface area (Å²) in [5.41, 5.74) is 3.63. The summed E-state index contributed by atoms with van der Waals surface area (Å²) in [5.74, 6) is 0.527. The maximum Gasteiger partial charge on any atom is 0.187 e. The Morgan fingerprint density at radius 3 is 2.86 bits per heavy atom. The van der Waals surface area contributed by atoms with Crippen LogP contribution in [0.4, 0.5) is 0 Å². The van der Waals surface area contributed by atoms with Gasteiger partial charge in [0.15, 0.2) is 16.6 Å². The number of phenolic OH excluding ortho intramolecular Hbond substituents is 1. The number of ether oxygens (including phenoxy) is 1. The van der Waals surface area contributed by atoms with Gasteiger partial charge in [-0.2, -0.15) is 5.10 Å². The Labute approximate surface area is 130 Å². The Morgan fingerprint density at radius 2 is 2.14 bits per heavy atom. The van der Waals surface area contributed by atoms with Gasteiger partial charge >= 0.3 is 0 Å². The molecule has 1 aromatic carbocycles. The second kappa shape index (κ2) is 7.83. The van der Waals surface area contributed by atoms with Crippen LogP contribution in [-0.4, -0.2) is 29.6 Å². The molecule has 0 amide bonds. The van der Waals surface area contributed by atoms with E-state index in [2.05, 4.69) is 15.8 Å². The predicted molar refractivity (Wildman–Crippen MR) is 88.0 cm³/mol. The van der Waals surface area contributed by atoms with E-state index >= 15 is 0 Å². The number of nitrogens with one attached hydrogen (secondary N) is 2. The summed E-state index contributed by atoms with van der Waals surface area (Å²) >= 11 is 5.22. The van der Waals surface area contributed by atoms with Crippen LogP contribution in [0.3, 0.4) is 0 Å². The standard InChI is InChI=1S/C15H21N3O2S/c1-20-14-9-11(7-8-13(14)19)10-16-18-15(21)17-12-5-3-2-4-6-12/h7-10,12,19H,2-6H2,1H3,(H2,17,18,21)/b16-10+. The third-order valence-electron chi connectivity index (χ3n) is 3.52. The van der Waals surface area contributed by atoms with Gasteiger partial charge in [0.1, 0.15) is 0 Å². The Hall–Kier alpha value is -1.82. The molecule has 6 heteroatoms. The number of phenols is 1. The maximum absolute atomic E-state index is 9.51. The van der Waals surface area contributed by atoms with Crippen LogP contribution in [0, 0.1) is 0 Å². The van der Waals surface area contributed by atoms with E-state index in [1.807, 2.05) is 0 Å². The third-order valence-corrected chi connectivity index (χ3v) is 3.73. The van der Waals surface area contributed by atoms with Gasteiger partial charge < -0.3 is 15.2 Å². The first kappa shape index (κ1) is 15.6. The molecule has 5 nitrogen and oxygen atoms in total. The molecule has 1 aliphatic carbocycles. The van der Waals surface area contributed by atoms with Crippen molar-refractivity contribution < 1.29 is 9.84 Å². The molecule has 21 heavy (non-hydrogen) atoms. The number of hydrazone groups is 1. The topological polar surface area (TPSA) is 65.9 Å². The van der Waals surface area contributed by atoms with Crippen LogP contribution < -0.4 is 15.5 Å². The first-order valence-corrected chi connectivity index (χ1v) is 7.56. The molecule has 1 saturated carbocycles. The molecule has 1 aliphatic rings. The summed E-state index contributed by atoms with van der Waals surface area (Å²) in [5, 5.41) is 17.4.